The van der Waals surface area contributed by atoms with E-state index in [9.17, 15) is 9.90 Å². The Hall–Kier alpha value is -2.61. The van der Waals surface area contributed by atoms with Crippen LogP contribution >= 0.6 is 11.3 Å². The molecule has 1 aromatic carbocycles. The maximum absolute atomic E-state index is 12.3. The van der Waals surface area contributed by atoms with E-state index in [0.29, 0.717) is 6.42 Å². The molecule has 1 N–H and O–H groups in total. The predicted molar refractivity (Wildman–Crippen MR) is 132 cm³/mol. The van der Waals surface area contributed by atoms with Crippen molar-refractivity contribution in [1.82, 2.24) is 4.90 Å². The smallest absolute Gasteiger partial charge is 0.139 e. The van der Waals surface area contributed by atoms with Crippen molar-refractivity contribution in [3.05, 3.63) is 71.1 Å². The van der Waals surface area contributed by atoms with Crippen LogP contribution in [0.15, 0.2) is 65.5 Å². The third-order valence-corrected chi connectivity index (χ3v) is 5.29. The molecule has 1 atom stereocenters. The molecular formula is C27H33NO2S. The van der Waals surface area contributed by atoms with Crippen molar-refractivity contribution in [3.63, 3.8) is 0 Å². The molecule has 1 aromatic heterocycles. The van der Waals surface area contributed by atoms with Gasteiger partial charge in [-0.25, -0.2) is 0 Å². The zero-order chi connectivity index (χ0) is 22.7. The monoisotopic (exact) mass is 435 g/mol. The maximum atomic E-state index is 12.3. The van der Waals surface area contributed by atoms with Crippen molar-refractivity contribution in [2.24, 2.45) is 5.41 Å². The fourth-order valence-corrected chi connectivity index (χ4v) is 3.57. The van der Waals surface area contributed by atoms with E-state index in [4.69, 9.17) is 0 Å². The molecule has 0 saturated heterocycles. The summed E-state index contributed by atoms with van der Waals surface area (Å²) in [6, 6.07) is 9.83. The third kappa shape index (κ3) is 9.38. The van der Waals surface area contributed by atoms with E-state index in [1.165, 1.54) is 0 Å². The van der Waals surface area contributed by atoms with Gasteiger partial charge in [0.15, 0.2) is 0 Å². The van der Waals surface area contributed by atoms with Gasteiger partial charge in [0.25, 0.3) is 0 Å². The predicted octanol–water partition coefficient (Wildman–Crippen LogP) is 6.24. The summed E-state index contributed by atoms with van der Waals surface area (Å²) in [6.45, 7) is 9.93. The minimum Gasteiger partial charge on any atom is -0.388 e. The molecular weight excluding hydrogens is 402 g/mol. The highest BCUT2D eigenvalue weighted by molar-refractivity contribution is 7.08. The molecule has 1 unspecified atom stereocenters. The van der Waals surface area contributed by atoms with Crippen molar-refractivity contribution in [1.29, 1.82) is 0 Å². The summed E-state index contributed by atoms with van der Waals surface area (Å²) in [5.41, 5.74) is 2.97. The second kappa shape index (κ2) is 12.3. The maximum Gasteiger partial charge on any atom is 0.139 e. The first-order valence-electron chi connectivity index (χ1n) is 10.7. The lowest BCUT2D eigenvalue weighted by Crippen LogP contribution is -2.16. The number of ketones is 1. The fourth-order valence-electron chi connectivity index (χ4n) is 2.90. The van der Waals surface area contributed by atoms with E-state index in [-0.39, 0.29) is 17.6 Å². The Balaban J connectivity index is 1.83. The lowest BCUT2D eigenvalue weighted by Gasteiger charge is -2.15. The van der Waals surface area contributed by atoms with E-state index >= 15 is 0 Å². The molecule has 0 fully saturated rings. The Labute approximate surface area is 191 Å². The highest BCUT2D eigenvalue weighted by atomic mass is 32.1. The van der Waals surface area contributed by atoms with E-state index in [1.54, 1.807) is 11.3 Å². The molecule has 164 valence electrons. The number of carbonyl (C=O) groups excluding carboxylic acids is 1. The molecule has 2 aromatic rings. The Kier molecular flexibility index (Phi) is 9.78. The average Bonchev–Trinajstić information content (AvgIpc) is 3.26. The minimum atomic E-state index is -0.786. The van der Waals surface area contributed by atoms with Crippen molar-refractivity contribution in [3.8, 4) is 23.0 Å². The van der Waals surface area contributed by atoms with Gasteiger partial charge in [-0.2, -0.15) is 11.3 Å². The van der Waals surface area contributed by atoms with Crippen LogP contribution in [-0.4, -0.2) is 28.9 Å². The SMILES string of the molecule is CCN(/C=C/CC(=O)CC(O)c1cccc(-c2ccsc2)c1)C/C=C/C#CC(C)(C)C. The number of aliphatic hydroxyl groups excluding tert-OH is 1. The first-order chi connectivity index (χ1) is 14.8. The minimum absolute atomic E-state index is 0.00479. The number of allylic oxidation sites excluding steroid dienone is 2. The van der Waals surface area contributed by atoms with Crippen LogP contribution in [0.2, 0.25) is 0 Å². The molecule has 4 heteroatoms. The number of nitrogens with zero attached hydrogens (tertiary/aromatic N) is 1. The van der Waals surface area contributed by atoms with Gasteiger partial charge in [0.2, 0.25) is 0 Å². The quantitative estimate of drug-likeness (QED) is 0.449. The van der Waals surface area contributed by atoms with E-state index in [0.717, 1.165) is 29.8 Å². The van der Waals surface area contributed by atoms with Crippen LogP contribution in [0.3, 0.4) is 0 Å². The number of thiophene rings is 1. The molecule has 0 aliphatic heterocycles. The molecule has 0 spiro atoms. The van der Waals surface area contributed by atoms with Crippen LogP contribution in [0.25, 0.3) is 11.1 Å². The average molecular weight is 436 g/mol. The number of rotatable bonds is 10. The lowest BCUT2D eigenvalue weighted by atomic mass is 9.98. The molecule has 0 radical (unpaired) electrons. The fraction of sp³-hybridized carbons (Fsp3) is 0.370. The third-order valence-electron chi connectivity index (χ3n) is 4.60. The van der Waals surface area contributed by atoms with Gasteiger partial charge in [-0.3, -0.25) is 4.79 Å². The summed E-state index contributed by atoms with van der Waals surface area (Å²) in [5, 5.41) is 14.6. The van der Waals surface area contributed by atoms with Crippen molar-refractivity contribution in [2.45, 2.75) is 46.6 Å². The Morgan fingerprint density at radius 3 is 2.71 bits per heavy atom. The van der Waals surface area contributed by atoms with Crippen molar-refractivity contribution in [2.75, 3.05) is 13.1 Å². The summed E-state index contributed by atoms with van der Waals surface area (Å²) in [6.07, 6.45) is 7.37. The van der Waals surface area contributed by atoms with E-state index in [1.807, 2.05) is 54.1 Å². The van der Waals surface area contributed by atoms with Gasteiger partial charge in [0.1, 0.15) is 5.78 Å². The molecule has 0 bridgehead atoms. The summed E-state index contributed by atoms with van der Waals surface area (Å²) in [4.78, 5) is 14.5. The van der Waals surface area contributed by atoms with Crippen LogP contribution < -0.4 is 0 Å². The van der Waals surface area contributed by atoms with Gasteiger partial charge in [-0.05, 0) is 79.6 Å². The second-order valence-electron chi connectivity index (χ2n) is 8.49. The van der Waals surface area contributed by atoms with Crippen molar-refractivity contribution >= 4 is 17.1 Å². The normalized spacial score (nSPS) is 12.7. The van der Waals surface area contributed by atoms with Gasteiger partial charge in [0.05, 0.1) is 6.10 Å². The van der Waals surface area contributed by atoms with Crippen LogP contribution in [0.5, 0.6) is 0 Å². The Morgan fingerprint density at radius 1 is 1.23 bits per heavy atom. The molecule has 0 amide bonds. The van der Waals surface area contributed by atoms with E-state index < -0.39 is 6.10 Å². The Morgan fingerprint density at radius 2 is 2.03 bits per heavy atom. The van der Waals surface area contributed by atoms with Crippen molar-refractivity contribution < 1.29 is 9.90 Å². The number of carbonyl (C=O) groups is 1. The lowest BCUT2D eigenvalue weighted by molar-refractivity contribution is -0.120. The standard InChI is InChI=1S/C27H33NO2S/c1-5-28(16-8-6-7-15-27(2,3)4)17-10-13-25(29)20-26(30)23-12-9-11-22(19-23)24-14-18-31-21-24/h6,8-12,14,17-19,21,26,30H,5,13,16,20H2,1-4H3/b8-6+,17-10+. The number of aliphatic hydroxyl groups is 1. The zero-order valence-electron chi connectivity index (χ0n) is 19.0. The topological polar surface area (TPSA) is 40.5 Å². The number of Topliss-reactive ketones (excluding diaryl/α,β-unsaturated/α-hetero) is 1. The summed E-state index contributed by atoms with van der Waals surface area (Å²) in [7, 11) is 0. The molecule has 0 saturated carbocycles. The van der Waals surface area contributed by atoms with Crippen LogP contribution in [0, 0.1) is 17.3 Å². The summed E-state index contributed by atoms with van der Waals surface area (Å²) >= 11 is 1.64. The van der Waals surface area contributed by atoms with Gasteiger partial charge < -0.3 is 10.0 Å². The van der Waals surface area contributed by atoms with Crippen LogP contribution in [0.1, 0.15) is 52.2 Å². The number of benzene rings is 1. The van der Waals surface area contributed by atoms with E-state index in [2.05, 4.69) is 55.9 Å². The first kappa shape index (κ1) is 24.7. The van der Waals surface area contributed by atoms with Gasteiger partial charge in [-0.1, -0.05) is 42.2 Å². The molecule has 0 aliphatic rings. The molecule has 0 aliphatic carbocycles. The first-order valence-corrected chi connectivity index (χ1v) is 11.6. The molecule has 1 heterocycles. The largest absolute Gasteiger partial charge is 0.388 e. The summed E-state index contributed by atoms with van der Waals surface area (Å²) in [5.74, 6) is 6.26. The summed E-state index contributed by atoms with van der Waals surface area (Å²) < 4.78 is 0. The highest BCUT2D eigenvalue weighted by Crippen LogP contribution is 2.26. The highest BCUT2D eigenvalue weighted by Gasteiger charge is 2.13. The Bertz CT molecular complexity index is 940. The molecule has 3 nitrogen and oxygen atoms in total. The number of hydrogen-bond donors (Lipinski definition) is 1. The molecule has 2 rings (SSSR count). The zero-order valence-corrected chi connectivity index (χ0v) is 19.8. The van der Waals surface area contributed by atoms with Gasteiger partial charge in [0, 0.05) is 31.3 Å². The van der Waals surface area contributed by atoms with Gasteiger partial charge >= 0.3 is 0 Å². The number of likely N-dealkylation sites (N-methyl/N-ethyl adjacent to an activating group) is 1. The van der Waals surface area contributed by atoms with Crippen LogP contribution in [0.4, 0.5) is 0 Å². The number of hydrogen-bond acceptors (Lipinski definition) is 4. The molecule has 31 heavy (non-hydrogen) atoms. The van der Waals surface area contributed by atoms with Crippen LogP contribution in [-0.2, 0) is 4.79 Å². The second-order valence-corrected chi connectivity index (χ2v) is 9.27. The van der Waals surface area contributed by atoms with Gasteiger partial charge in [-0.15, -0.1) is 0 Å².